The van der Waals surface area contributed by atoms with E-state index in [0.717, 1.165) is 30.2 Å². The van der Waals surface area contributed by atoms with Crippen molar-refractivity contribution in [1.29, 1.82) is 0 Å². The molecule has 0 unspecified atom stereocenters. The number of methoxy groups -OCH3 is 1. The number of aromatic nitrogens is 1. The van der Waals surface area contributed by atoms with Crippen LogP contribution in [0, 0.1) is 6.92 Å². The average Bonchev–Trinajstić information content (AvgIpc) is 2.14. The molecule has 2 rings (SSSR count). The molecule has 0 saturated carbocycles. The van der Waals surface area contributed by atoms with Crippen molar-refractivity contribution in [2.75, 3.05) is 20.2 Å². The first kappa shape index (κ1) is 10.4. The van der Waals surface area contributed by atoms with Crippen molar-refractivity contribution in [3.05, 3.63) is 23.5 Å². The van der Waals surface area contributed by atoms with Crippen LogP contribution >= 0.6 is 0 Å². The first-order valence-electron chi connectivity index (χ1n) is 5.12. The van der Waals surface area contributed by atoms with Gasteiger partial charge >= 0.3 is 0 Å². The fourth-order valence-electron chi connectivity index (χ4n) is 1.48. The monoisotopic (exact) mass is 208 g/mol. The molecule has 1 aromatic heterocycles. The third-order valence-corrected chi connectivity index (χ3v) is 2.43. The molecule has 0 spiro atoms. The maximum absolute atomic E-state index is 5.64. The fraction of sp³-hybridized carbons (Fsp3) is 0.545. The summed E-state index contributed by atoms with van der Waals surface area (Å²) >= 11 is 0. The number of rotatable bonds is 4. The molecule has 0 atom stereocenters. The number of ether oxygens (including phenoxy) is 2. The van der Waals surface area contributed by atoms with E-state index in [9.17, 15) is 0 Å². The predicted molar refractivity (Wildman–Crippen MR) is 57.0 cm³/mol. The normalized spacial score (nSPS) is 16.1. The molecule has 2 heterocycles. The Morgan fingerprint density at radius 3 is 2.87 bits per heavy atom. The van der Waals surface area contributed by atoms with Crippen LogP contribution in [0.5, 0.6) is 5.75 Å². The molecule has 0 aromatic carbocycles. The zero-order valence-corrected chi connectivity index (χ0v) is 9.12. The Hall–Kier alpha value is -1.13. The highest BCUT2D eigenvalue weighted by molar-refractivity contribution is 5.26. The van der Waals surface area contributed by atoms with Gasteiger partial charge in [0.15, 0.2) is 0 Å². The average molecular weight is 208 g/mol. The molecule has 1 N–H and O–H groups in total. The lowest BCUT2D eigenvalue weighted by Crippen LogP contribution is -2.48. The molecule has 4 nitrogen and oxygen atoms in total. The molecule has 82 valence electrons. The van der Waals surface area contributed by atoms with Crippen LogP contribution in [0.4, 0.5) is 0 Å². The molecule has 0 radical (unpaired) electrons. The smallest absolute Gasteiger partial charge is 0.122 e. The van der Waals surface area contributed by atoms with Gasteiger partial charge in [0.05, 0.1) is 25.5 Å². The van der Waals surface area contributed by atoms with Crippen molar-refractivity contribution in [1.82, 2.24) is 10.3 Å². The van der Waals surface area contributed by atoms with E-state index in [1.807, 2.05) is 19.1 Å². The standard InChI is InChI=1S/C11H16N2O2/c1-8-3-10(14-2)4-9(13-8)7-15-11-5-12-6-11/h3-4,11-12H,5-7H2,1-2H3. The van der Waals surface area contributed by atoms with Gasteiger partial charge in [0.25, 0.3) is 0 Å². The quantitative estimate of drug-likeness (QED) is 0.798. The lowest BCUT2D eigenvalue weighted by molar-refractivity contribution is 0.00594. The minimum atomic E-state index is 0.346. The van der Waals surface area contributed by atoms with E-state index < -0.39 is 0 Å². The second kappa shape index (κ2) is 4.59. The van der Waals surface area contributed by atoms with E-state index in [-0.39, 0.29) is 0 Å². The largest absolute Gasteiger partial charge is 0.497 e. The Morgan fingerprint density at radius 2 is 2.27 bits per heavy atom. The number of nitrogens with one attached hydrogen (secondary N) is 1. The van der Waals surface area contributed by atoms with Crippen LogP contribution in [0.25, 0.3) is 0 Å². The highest BCUT2D eigenvalue weighted by Crippen LogP contribution is 2.14. The topological polar surface area (TPSA) is 43.4 Å². The molecule has 1 aliphatic rings. The van der Waals surface area contributed by atoms with Crippen molar-refractivity contribution in [3.63, 3.8) is 0 Å². The highest BCUT2D eigenvalue weighted by atomic mass is 16.5. The number of pyridine rings is 1. The van der Waals surface area contributed by atoms with E-state index in [0.29, 0.717) is 12.7 Å². The van der Waals surface area contributed by atoms with Gasteiger partial charge in [-0.3, -0.25) is 4.98 Å². The number of hydrogen-bond acceptors (Lipinski definition) is 4. The van der Waals surface area contributed by atoms with E-state index >= 15 is 0 Å². The molecular formula is C11H16N2O2. The predicted octanol–water partition coefficient (Wildman–Crippen LogP) is 0.887. The molecule has 4 heteroatoms. The summed E-state index contributed by atoms with van der Waals surface area (Å²) in [6.07, 6.45) is 0.346. The molecular weight excluding hydrogens is 192 g/mol. The number of aryl methyl sites for hydroxylation is 1. The first-order valence-corrected chi connectivity index (χ1v) is 5.12. The van der Waals surface area contributed by atoms with Crippen LogP contribution in [0.2, 0.25) is 0 Å². The van der Waals surface area contributed by atoms with Crippen LogP contribution < -0.4 is 10.1 Å². The van der Waals surface area contributed by atoms with Crippen molar-refractivity contribution >= 4 is 0 Å². The summed E-state index contributed by atoms with van der Waals surface area (Å²) in [5.41, 5.74) is 1.89. The highest BCUT2D eigenvalue weighted by Gasteiger charge is 2.17. The minimum Gasteiger partial charge on any atom is -0.497 e. The molecule has 0 aliphatic carbocycles. The minimum absolute atomic E-state index is 0.346. The molecule has 0 amide bonds. The van der Waals surface area contributed by atoms with Gasteiger partial charge in [-0.2, -0.15) is 0 Å². The van der Waals surface area contributed by atoms with Gasteiger partial charge in [-0.15, -0.1) is 0 Å². The molecule has 0 bridgehead atoms. The van der Waals surface area contributed by atoms with Gasteiger partial charge in [-0.1, -0.05) is 0 Å². The zero-order valence-electron chi connectivity index (χ0n) is 9.12. The van der Waals surface area contributed by atoms with Crippen molar-refractivity contribution in [3.8, 4) is 5.75 Å². The summed E-state index contributed by atoms with van der Waals surface area (Å²) < 4.78 is 10.8. The number of hydrogen-bond donors (Lipinski definition) is 1. The van der Waals surface area contributed by atoms with Crippen LogP contribution in [-0.4, -0.2) is 31.3 Å². The van der Waals surface area contributed by atoms with Gasteiger partial charge in [0, 0.05) is 30.9 Å². The van der Waals surface area contributed by atoms with Crippen LogP contribution in [0.1, 0.15) is 11.4 Å². The molecule has 1 saturated heterocycles. The molecule has 1 aliphatic heterocycles. The maximum Gasteiger partial charge on any atom is 0.122 e. The zero-order chi connectivity index (χ0) is 10.7. The first-order chi connectivity index (χ1) is 7.28. The van der Waals surface area contributed by atoms with Crippen LogP contribution in [0.15, 0.2) is 12.1 Å². The summed E-state index contributed by atoms with van der Waals surface area (Å²) in [4.78, 5) is 4.39. The van der Waals surface area contributed by atoms with Gasteiger partial charge in [-0.25, -0.2) is 0 Å². The van der Waals surface area contributed by atoms with Crippen LogP contribution in [0.3, 0.4) is 0 Å². The SMILES string of the molecule is COc1cc(C)nc(COC2CNC2)c1. The van der Waals surface area contributed by atoms with Crippen molar-refractivity contribution < 1.29 is 9.47 Å². The summed E-state index contributed by atoms with van der Waals surface area (Å²) in [6.45, 7) is 4.41. The maximum atomic E-state index is 5.64. The summed E-state index contributed by atoms with van der Waals surface area (Å²) in [5, 5.41) is 3.16. The Morgan fingerprint density at radius 1 is 1.47 bits per heavy atom. The lowest BCUT2D eigenvalue weighted by Gasteiger charge is -2.26. The summed E-state index contributed by atoms with van der Waals surface area (Å²) in [6, 6.07) is 3.83. The van der Waals surface area contributed by atoms with Gasteiger partial charge in [-0.05, 0) is 6.92 Å². The third-order valence-electron chi connectivity index (χ3n) is 2.43. The Balaban J connectivity index is 1.96. The third kappa shape index (κ3) is 2.67. The van der Waals surface area contributed by atoms with Gasteiger partial charge in [0.2, 0.25) is 0 Å². The number of nitrogens with zero attached hydrogens (tertiary/aromatic N) is 1. The molecule has 1 aromatic rings. The Kier molecular flexibility index (Phi) is 3.18. The summed E-state index contributed by atoms with van der Waals surface area (Å²) in [5.74, 6) is 0.841. The molecule has 1 fully saturated rings. The van der Waals surface area contributed by atoms with Gasteiger partial charge < -0.3 is 14.8 Å². The molecule has 15 heavy (non-hydrogen) atoms. The van der Waals surface area contributed by atoms with Gasteiger partial charge in [0.1, 0.15) is 5.75 Å². The van der Waals surface area contributed by atoms with Crippen LogP contribution in [-0.2, 0) is 11.3 Å². The Bertz CT molecular complexity index is 337. The second-order valence-electron chi connectivity index (χ2n) is 3.73. The Labute approximate surface area is 89.6 Å². The summed E-state index contributed by atoms with van der Waals surface area (Å²) in [7, 11) is 1.66. The van der Waals surface area contributed by atoms with Crippen molar-refractivity contribution in [2.45, 2.75) is 19.6 Å². The second-order valence-corrected chi connectivity index (χ2v) is 3.73. The van der Waals surface area contributed by atoms with E-state index in [2.05, 4.69) is 10.3 Å². The van der Waals surface area contributed by atoms with E-state index in [1.165, 1.54) is 0 Å². The lowest BCUT2D eigenvalue weighted by atomic mass is 10.2. The fourth-order valence-corrected chi connectivity index (χ4v) is 1.48. The van der Waals surface area contributed by atoms with Crippen molar-refractivity contribution in [2.24, 2.45) is 0 Å². The van der Waals surface area contributed by atoms with E-state index in [4.69, 9.17) is 9.47 Å². The van der Waals surface area contributed by atoms with E-state index in [1.54, 1.807) is 7.11 Å².